The van der Waals surface area contributed by atoms with Crippen molar-refractivity contribution in [2.24, 2.45) is 0 Å². The van der Waals surface area contributed by atoms with E-state index in [2.05, 4.69) is 18.7 Å². The first kappa shape index (κ1) is 14.4. The first-order chi connectivity index (χ1) is 10.2. The minimum atomic E-state index is -0.225. The van der Waals surface area contributed by atoms with Crippen molar-refractivity contribution >= 4 is 5.97 Å². The summed E-state index contributed by atoms with van der Waals surface area (Å²) in [6, 6.07) is 6.16. The second kappa shape index (κ2) is 6.06. The molecule has 2 atom stereocenters. The van der Waals surface area contributed by atoms with Crippen LogP contribution in [0, 0.1) is 0 Å². The van der Waals surface area contributed by atoms with Crippen LogP contribution < -0.4 is 4.74 Å². The van der Waals surface area contributed by atoms with E-state index >= 15 is 0 Å². The van der Waals surface area contributed by atoms with Gasteiger partial charge in [0.2, 0.25) is 0 Å². The molecule has 21 heavy (non-hydrogen) atoms. The molecule has 1 aromatic carbocycles. The third kappa shape index (κ3) is 2.77. The van der Waals surface area contributed by atoms with Gasteiger partial charge in [-0.2, -0.15) is 0 Å². The molecule has 0 aromatic heterocycles. The van der Waals surface area contributed by atoms with E-state index in [4.69, 9.17) is 9.47 Å². The van der Waals surface area contributed by atoms with Crippen LogP contribution >= 0.6 is 0 Å². The van der Waals surface area contributed by atoms with Crippen LogP contribution in [0.25, 0.3) is 0 Å². The fraction of sp³-hybridized carbons (Fsp3) is 0.588. The van der Waals surface area contributed by atoms with Crippen molar-refractivity contribution < 1.29 is 14.3 Å². The van der Waals surface area contributed by atoms with Gasteiger partial charge < -0.3 is 9.47 Å². The van der Waals surface area contributed by atoms with Gasteiger partial charge in [-0.1, -0.05) is 13.8 Å². The maximum Gasteiger partial charge on any atom is 0.338 e. The summed E-state index contributed by atoms with van der Waals surface area (Å²) in [6.45, 7) is 7.01. The van der Waals surface area contributed by atoms with Gasteiger partial charge in [-0.3, -0.25) is 4.90 Å². The van der Waals surface area contributed by atoms with E-state index in [0.29, 0.717) is 18.2 Å². The van der Waals surface area contributed by atoms with Crippen LogP contribution in [0.2, 0.25) is 0 Å². The van der Waals surface area contributed by atoms with Gasteiger partial charge in [0.15, 0.2) is 0 Å². The van der Waals surface area contributed by atoms with Gasteiger partial charge in [0, 0.05) is 11.6 Å². The molecule has 0 saturated carbocycles. The van der Waals surface area contributed by atoms with Crippen molar-refractivity contribution in [1.29, 1.82) is 0 Å². The lowest BCUT2D eigenvalue weighted by molar-refractivity contribution is 0.0535. The Bertz CT molecular complexity index is 529. The van der Waals surface area contributed by atoms with E-state index in [-0.39, 0.29) is 12.1 Å². The van der Waals surface area contributed by atoms with E-state index in [1.54, 1.807) is 0 Å². The molecule has 1 unspecified atom stereocenters. The zero-order chi connectivity index (χ0) is 14.8. The first-order valence-electron chi connectivity index (χ1n) is 7.93. The normalized spacial score (nSPS) is 23.0. The standard InChI is InChI=1S/C17H23NO3/c1-3-16(15-6-5-9-18(15)4-2)21-13-7-8-14-12(10-13)11-20-17(14)19/h7-8,10,15-16H,3-6,9,11H2,1-2H3/t15-,16?/m0/s1. The molecular formula is C17H23NO3. The largest absolute Gasteiger partial charge is 0.489 e. The number of rotatable bonds is 5. The van der Waals surface area contributed by atoms with Gasteiger partial charge in [0.1, 0.15) is 18.5 Å². The monoisotopic (exact) mass is 289 g/mol. The lowest BCUT2D eigenvalue weighted by Crippen LogP contribution is -2.41. The van der Waals surface area contributed by atoms with Gasteiger partial charge in [-0.25, -0.2) is 4.79 Å². The van der Waals surface area contributed by atoms with Crippen LogP contribution in [0.1, 0.15) is 49.0 Å². The molecule has 1 saturated heterocycles. The summed E-state index contributed by atoms with van der Waals surface area (Å²) in [7, 11) is 0. The number of carbonyl (C=O) groups excluding carboxylic acids is 1. The second-order valence-electron chi connectivity index (χ2n) is 5.80. The van der Waals surface area contributed by atoms with Gasteiger partial charge in [-0.05, 0) is 50.6 Å². The van der Waals surface area contributed by atoms with Gasteiger partial charge in [0.25, 0.3) is 0 Å². The van der Waals surface area contributed by atoms with Crippen LogP contribution in [0.4, 0.5) is 0 Å². The second-order valence-corrected chi connectivity index (χ2v) is 5.80. The summed E-state index contributed by atoms with van der Waals surface area (Å²) < 4.78 is 11.3. The van der Waals surface area contributed by atoms with Crippen LogP contribution in [0.5, 0.6) is 5.75 Å². The molecule has 3 rings (SSSR count). The minimum Gasteiger partial charge on any atom is -0.489 e. The Morgan fingerprint density at radius 3 is 3.05 bits per heavy atom. The highest BCUT2D eigenvalue weighted by Crippen LogP contribution is 2.28. The molecule has 114 valence electrons. The number of hydrogen-bond acceptors (Lipinski definition) is 4. The third-order valence-corrected chi connectivity index (χ3v) is 4.59. The molecule has 1 aromatic rings. The number of esters is 1. The maximum absolute atomic E-state index is 11.5. The maximum atomic E-state index is 11.5. The Hall–Kier alpha value is -1.55. The Balaban J connectivity index is 1.74. The molecule has 2 aliphatic heterocycles. The number of cyclic esters (lactones) is 1. The van der Waals surface area contributed by atoms with Crippen molar-refractivity contribution in [2.45, 2.75) is 51.9 Å². The van der Waals surface area contributed by atoms with E-state index in [9.17, 15) is 4.79 Å². The van der Waals surface area contributed by atoms with Crippen LogP contribution in [-0.4, -0.2) is 36.1 Å². The number of hydrogen-bond donors (Lipinski definition) is 0. The fourth-order valence-electron chi connectivity index (χ4n) is 3.46. The summed E-state index contributed by atoms with van der Waals surface area (Å²) in [5, 5.41) is 0. The Morgan fingerprint density at radius 2 is 2.29 bits per heavy atom. The smallest absolute Gasteiger partial charge is 0.338 e. The Morgan fingerprint density at radius 1 is 1.43 bits per heavy atom. The Kier molecular flexibility index (Phi) is 4.15. The minimum absolute atomic E-state index is 0.212. The van der Waals surface area contributed by atoms with Gasteiger partial charge in [-0.15, -0.1) is 0 Å². The van der Waals surface area contributed by atoms with Crippen molar-refractivity contribution in [3.05, 3.63) is 29.3 Å². The lowest BCUT2D eigenvalue weighted by atomic mass is 10.1. The molecule has 4 nitrogen and oxygen atoms in total. The van der Waals surface area contributed by atoms with Crippen LogP contribution in [0.15, 0.2) is 18.2 Å². The lowest BCUT2D eigenvalue weighted by Gasteiger charge is -2.30. The molecule has 0 amide bonds. The third-order valence-electron chi connectivity index (χ3n) is 4.59. The van der Waals surface area contributed by atoms with E-state index in [0.717, 1.165) is 24.3 Å². The zero-order valence-electron chi connectivity index (χ0n) is 12.8. The number of nitrogens with zero attached hydrogens (tertiary/aromatic N) is 1. The number of benzene rings is 1. The molecule has 0 radical (unpaired) electrons. The van der Waals surface area contributed by atoms with Crippen LogP contribution in [-0.2, 0) is 11.3 Å². The molecule has 2 aliphatic rings. The molecule has 4 heteroatoms. The average molecular weight is 289 g/mol. The Labute approximate surface area is 126 Å². The first-order valence-corrected chi connectivity index (χ1v) is 7.93. The summed E-state index contributed by atoms with van der Waals surface area (Å²) >= 11 is 0. The molecule has 0 N–H and O–H groups in total. The highest BCUT2D eigenvalue weighted by Gasteiger charge is 2.31. The summed E-state index contributed by atoms with van der Waals surface area (Å²) in [6.07, 6.45) is 3.67. The highest BCUT2D eigenvalue weighted by atomic mass is 16.5. The summed E-state index contributed by atoms with van der Waals surface area (Å²) in [5.74, 6) is 0.624. The highest BCUT2D eigenvalue weighted by molar-refractivity contribution is 5.93. The summed E-state index contributed by atoms with van der Waals surface area (Å²) in [5.41, 5.74) is 1.61. The van der Waals surface area contributed by atoms with Crippen molar-refractivity contribution in [3.8, 4) is 5.75 Å². The molecule has 2 heterocycles. The SMILES string of the molecule is CCC(Oc1ccc2c(c1)COC2=O)[C@@H]1CCCN1CC. The number of likely N-dealkylation sites (tertiary alicyclic amines) is 1. The number of ether oxygens (including phenoxy) is 2. The molecule has 1 fully saturated rings. The topological polar surface area (TPSA) is 38.8 Å². The van der Waals surface area contributed by atoms with Crippen molar-refractivity contribution in [2.75, 3.05) is 13.1 Å². The van der Waals surface area contributed by atoms with Gasteiger partial charge >= 0.3 is 5.97 Å². The zero-order valence-corrected chi connectivity index (χ0v) is 12.8. The quantitative estimate of drug-likeness (QED) is 0.781. The number of fused-ring (bicyclic) bond motifs is 1. The van der Waals surface area contributed by atoms with E-state index in [1.165, 1.54) is 19.4 Å². The fourth-order valence-corrected chi connectivity index (χ4v) is 3.46. The molecule has 0 spiro atoms. The van der Waals surface area contributed by atoms with Crippen LogP contribution in [0.3, 0.4) is 0 Å². The van der Waals surface area contributed by atoms with Crippen molar-refractivity contribution in [1.82, 2.24) is 4.90 Å². The van der Waals surface area contributed by atoms with Gasteiger partial charge in [0.05, 0.1) is 5.56 Å². The molecule has 0 bridgehead atoms. The average Bonchev–Trinajstić information content (AvgIpc) is 3.11. The molecule has 0 aliphatic carbocycles. The molecular weight excluding hydrogens is 266 g/mol. The van der Waals surface area contributed by atoms with Crippen molar-refractivity contribution in [3.63, 3.8) is 0 Å². The van der Waals surface area contributed by atoms with E-state index in [1.807, 2.05) is 18.2 Å². The van der Waals surface area contributed by atoms with E-state index < -0.39 is 0 Å². The predicted octanol–water partition coefficient (Wildman–Crippen LogP) is 3.00. The number of carbonyl (C=O) groups is 1. The predicted molar refractivity (Wildman–Crippen MR) is 80.5 cm³/mol. The number of likely N-dealkylation sites (N-methyl/N-ethyl adjacent to an activating group) is 1. The summed E-state index contributed by atoms with van der Waals surface area (Å²) in [4.78, 5) is 14.0.